The number of carbonyl (C=O) groups excluding carboxylic acids is 2. The normalized spacial score (nSPS) is 9.60. The van der Waals surface area contributed by atoms with E-state index in [4.69, 9.17) is 17.5 Å². The molecule has 9 heteroatoms. The Bertz CT molecular complexity index is 268. The van der Waals surface area contributed by atoms with Crippen LogP contribution >= 0.6 is 0 Å². The van der Waals surface area contributed by atoms with Crippen LogP contribution in [0.4, 0.5) is 0 Å². The average Bonchev–Trinajstić information content (AvgIpc) is 2.10. The van der Waals surface area contributed by atoms with Gasteiger partial charge in [0.15, 0.2) is 0 Å². The molecule has 0 aliphatic carbocycles. The van der Waals surface area contributed by atoms with Crippen molar-refractivity contribution in [3.05, 3.63) is 0 Å². The quantitative estimate of drug-likeness (QED) is 0.500. The van der Waals surface area contributed by atoms with Gasteiger partial charge in [-0.2, -0.15) is 8.42 Å². The van der Waals surface area contributed by atoms with Crippen molar-refractivity contribution >= 4 is 22.3 Å². The number of rotatable bonds is 3. The van der Waals surface area contributed by atoms with E-state index in [1.807, 2.05) is 0 Å². The van der Waals surface area contributed by atoms with E-state index in [0.29, 0.717) is 0 Å². The Balaban J connectivity index is 0. The lowest BCUT2D eigenvalue weighted by atomic mass is 10.3. The van der Waals surface area contributed by atoms with E-state index in [0.717, 1.165) is 0 Å². The van der Waals surface area contributed by atoms with Gasteiger partial charge in [-0.15, -0.1) is 0 Å². The molecule has 0 saturated heterocycles. The second-order valence-electron chi connectivity index (χ2n) is 2.10. The van der Waals surface area contributed by atoms with Crippen LogP contribution in [0, 0.1) is 0 Å². The van der Waals surface area contributed by atoms with Crippen LogP contribution in [-0.4, -0.2) is 43.7 Å². The Morgan fingerprint density at radius 3 is 1.33 bits per heavy atom. The molecule has 0 aromatic carbocycles. The first-order valence-corrected chi connectivity index (χ1v) is 4.94. The molecule has 0 atom stereocenters. The van der Waals surface area contributed by atoms with Crippen molar-refractivity contribution < 1.29 is 36.6 Å². The lowest BCUT2D eigenvalue weighted by molar-refractivity contribution is -0.147. The lowest BCUT2D eigenvalue weighted by Gasteiger charge is -1.96. The minimum Gasteiger partial charge on any atom is -0.469 e. The molecule has 0 aliphatic rings. The highest BCUT2D eigenvalue weighted by Gasteiger charge is 2.05. The van der Waals surface area contributed by atoms with Crippen LogP contribution < -0.4 is 0 Å². The van der Waals surface area contributed by atoms with Crippen molar-refractivity contribution in [2.24, 2.45) is 0 Å². The Kier molecular flexibility index (Phi) is 8.82. The molecule has 0 aliphatic heterocycles. The van der Waals surface area contributed by atoms with Gasteiger partial charge >= 0.3 is 22.3 Å². The molecule has 8 nitrogen and oxygen atoms in total. The minimum absolute atomic E-state index is 0.0865. The maximum Gasteiger partial charge on any atom is 0.394 e. The average molecular weight is 244 g/mol. The van der Waals surface area contributed by atoms with Crippen LogP contribution in [0.2, 0.25) is 0 Å². The molecular weight excluding hydrogens is 232 g/mol. The Hall–Kier alpha value is -1.19. The number of esters is 2. The monoisotopic (exact) mass is 244 g/mol. The largest absolute Gasteiger partial charge is 0.469 e. The number of methoxy groups -OCH3 is 2. The summed E-state index contributed by atoms with van der Waals surface area (Å²) >= 11 is 0. The fraction of sp³-hybridized carbons (Fsp3) is 0.667. The van der Waals surface area contributed by atoms with Crippen LogP contribution in [0.25, 0.3) is 0 Å². The fourth-order valence-corrected chi connectivity index (χ4v) is 0.408. The van der Waals surface area contributed by atoms with Gasteiger partial charge in [0.2, 0.25) is 0 Å². The predicted molar refractivity (Wildman–Crippen MR) is 47.4 cm³/mol. The molecule has 90 valence electrons. The van der Waals surface area contributed by atoms with Crippen LogP contribution in [-0.2, 0) is 29.5 Å². The molecule has 0 radical (unpaired) electrons. The molecule has 0 unspecified atom stereocenters. The summed E-state index contributed by atoms with van der Waals surface area (Å²) in [7, 11) is -2.11. The molecule has 0 rings (SSSR count). The zero-order valence-corrected chi connectivity index (χ0v) is 8.98. The van der Waals surface area contributed by atoms with Gasteiger partial charge in [0, 0.05) is 0 Å². The second-order valence-corrected chi connectivity index (χ2v) is 3.00. The topological polar surface area (TPSA) is 127 Å². The smallest absolute Gasteiger partial charge is 0.394 e. The summed E-state index contributed by atoms with van der Waals surface area (Å²) in [5, 5.41) is 0. The molecule has 0 saturated carbocycles. The Labute approximate surface area is 86.8 Å². The van der Waals surface area contributed by atoms with Gasteiger partial charge in [-0.1, -0.05) is 0 Å². The van der Waals surface area contributed by atoms with E-state index in [2.05, 4.69) is 9.47 Å². The number of carbonyl (C=O) groups is 2. The highest BCUT2D eigenvalue weighted by Crippen LogP contribution is 1.92. The second kappa shape index (κ2) is 8.15. The van der Waals surface area contributed by atoms with Gasteiger partial charge in [-0.05, 0) is 0 Å². The molecule has 0 spiro atoms. The molecule has 0 aromatic heterocycles. The van der Waals surface area contributed by atoms with E-state index in [9.17, 15) is 9.59 Å². The standard InChI is InChI=1S/C6H10O4.H2O4S/c1-9-5(7)3-4-6(8)10-2;1-5(2,3)4/h3-4H2,1-2H3;(H2,1,2,3,4). The zero-order valence-electron chi connectivity index (χ0n) is 8.17. The summed E-state index contributed by atoms with van der Waals surface area (Å²) in [4.78, 5) is 20.8. The van der Waals surface area contributed by atoms with Crippen molar-refractivity contribution in [3.63, 3.8) is 0 Å². The Morgan fingerprint density at radius 2 is 1.20 bits per heavy atom. The van der Waals surface area contributed by atoms with Gasteiger partial charge in [0.05, 0.1) is 27.1 Å². The van der Waals surface area contributed by atoms with Crippen LogP contribution in [0.15, 0.2) is 0 Å². The van der Waals surface area contributed by atoms with E-state index in [1.165, 1.54) is 14.2 Å². The Morgan fingerprint density at radius 1 is 1.00 bits per heavy atom. The van der Waals surface area contributed by atoms with E-state index >= 15 is 0 Å². The van der Waals surface area contributed by atoms with Crippen LogP contribution in [0.1, 0.15) is 12.8 Å². The van der Waals surface area contributed by atoms with Crippen molar-refractivity contribution in [2.75, 3.05) is 14.2 Å². The molecule has 0 heterocycles. The summed E-state index contributed by atoms with van der Waals surface area (Å²) in [5.74, 6) is -0.796. The van der Waals surface area contributed by atoms with Crippen molar-refractivity contribution in [1.29, 1.82) is 0 Å². The van der Waals surface area contributed by atoms with Gasteiger partial charge < -0.3 is 9.47 Å². The first-order valence-electron chi connectivity index (χ1n) is 3.54. The van der Waals surface area contributed by atoms with E-state index < -0.39 is 22.3 Å². The molecule has 15 heavy (non-hydrogen) atoms. The van der Waals surface area contributed by atoms with Crippen LogP contribution in [0.3, 0.4) is 0 Å². The highest BCUT2D eigenvalue weighted by molar-refractivity contribution is 7.79. The first kappa shape index (κ1) is 16.2. The maximum atomic E-state index is 10.4. The minimum atomic E-state index is -4.67. The summed E-state index contributed by atoms with van der Waals surface area (Å²) in [6, 6.07) is 0. The van der Waals surface area contributed by atoms with Crippen molar-refractivity contribution in [3.8, 4) is 0 Å². The summed E-state index contributed by atoms with van der Waals surface area (Å²) in [6.45, 7) is 0. The number of hydrogen-bond donors (Lipinski definition) is 2. The van der Waals surface area contributed by atoms with E-state index in [1.54, 1.807) is 0 Å². The fourth-order valence-electron chi connectivity index (χ4n) is 0.408. The van der Waals surface area contributed by atoms with Crippen molar-refractivity contribution in [2.45, 2.75) is 12.8 Å². The lowest BCUT2D eigenvalue weighted by Crippen LogP contribution is -2.06. The maximum absolute atomic E-state index is 10.4. The molecule has 0 bridgehead atoms. The zero-order chi connectivity index (χ0) is 12.5. The summed E-state index contributed by atoms with van der Waals surface area (Å²) in [5.41, 5.74) is 0. The predicted octanol–water partition coefficient (Wildman–Crippen LogP) is -0.540. The molecule has 0 aromatic rings. The molecular formula is C6H12O8S. The summed E-state index contributed by atoms with van der Waals surface area (Å²) in [6.07, 6.45) is 0.173. The highest BCUT2D eigenvalue weighted by atomic mass is 32.3. The van der Waals surface area contributed by atoms with Crippen LogP contribution in [0.5, 0.6) is 0 Å². The molecule has 2 N–H and O–H groups in total. The van der Waals surface area contributed by atoms with Gasteiger partial charge in [-0.3, -0.25) is 18.7 Å². The molecule has 0 amide bonds. The SMILES string of the molecule is COC(=O)CCC(=O)OC.O=S(=O)(O)O. The van der Waals surface area contributed by atoms with Gasteiger partial charge in [-0.25, -0.2) is 0 Å². The van der Waals surface area contributed by atoms with E-state index in [-0.39, 0.29) is 12.8 Å². The van der Waals surface area contributed by atoms with Gasteiger partial charge in [0.1, 0.15) is 0 Å². The number of ether oxygens (including phenoxy) is 2. The summed E-state index contributed by atoms with van der Waals surface area (Å²) < 4.78 is 40.2. The van der Waals surface area contributed by atoms with Gasteiger partial charge in [0.25, 0.3) is 0 Å². The molecule has 0 fully saturated rings. The third-order valence-electron chi connectivity index (χ3n) is 0.989. The first-order chi connectivity index (χ1) is 6.70. The number of hydrogen-bond acceptors (Lipinski definition) is 6. The third kappa shape index (κ3) is 24.5. The van der Waals surface area contributed by atoms with Crippen molar-refractivity contribution in [1.82, 2.24) is 0 Å². The third-order valence-corrected chi connectivity index (χ3v) is 0.989.